The number of nitrogens with zero attached hydrogens (tertiary/aromatic N) is 1. The van der Waals surface area contributed by atoms with Crippen LogP contribution >= 0.6 is 11.3 Å². The van der Waals surface area contributed by atoms with Crippen molar-refractivity contribution in [2.75, 3.05) is 0 Å². The van der Waals surface area contributed by atoms with Gasteiger partial charge in [-0.3, -0.25) is 0 Å². The fourth-order valence-electron chi connectivity index (χ4n) is 1.18. The van der Waals surface area contributed by atoms with Crippen molar-refractivity contribution in [1.29, 1.82) is 0 Å². The first-order valence-corrected chi connectivity index (χ1v) is 4.77. The number of rotatable bonds is 2. The van der Waals surface area contributed by atoms with Crippen LogP contribution in [0.5, 0.6) is 0 Å². The number of nitrogens with two attached hydrogens (primary N) is 1. The van der Waals surface area contributed by atoms with E-state index in [0.717, 1.165) is 10.9 Å². The lowest BCUT2D eigenvalue weighted by atomic mass is 10.2. The SMILES string of the molecule is Cc1cnc([C@H](N)C2CC2)s1. The maximum absolute atomic E-state index is 5.96. The van der Waals surface area contributed by atoms with Crippen LogP contribution in [-0.2, 0) is 0 Å². The molecule has 1 atom stereocenters. The van der Waals surface area contributed by atoms with Gasteiger partial charge < -0.3 is 5.73 Å². The van der Waals surface area contributed by atoms with Crippen molar-refractivity contribution in [3.63, 3.8) is 0 Å². The van der Waals surface area contributed by atoms with Gasteiger partial charge in [-0.2, -0.15) is 0 Å². The van der Waals surface area contributed by atoms with Crippen LogP contribution in [0, 0.1) is 12.8 Å². The van der Waals surface area contributed by atoms with Crippen LogP contribution in [0.2, 0.25) is 0 Å². The van der Waals surface area contributed by atoms with Crippen LogP contribution in [0.4, 0.5) is 0 Å². The molecule has 0 amide bonds. The molecule has 3 heteroatoms. The second-order valence-electron chi connectivity index (χ2n) is 3.17. The molecule has 60 valence electrons. The van der Waals surface area contributed by atoms with Gasteiger partial charge in [0.25, 0.3) is 0 Å². The molecule has 0 unspecified atom stereocenters. The first-order valence-electron chi connectivity index (χ1n) is 3.95. The van der Waals surface area contributed by atoms with Crippen molar-refractivity contribution < 1.29 is 0 Å². The standard InChI is InChI=1S/C8H12N2S/c1-5-4-10-8(11-5)7(9)6-2-3-6/h4,6-7H,2-3,9H2,1H3/t7-/m1/s1. The summed E-state index contributed by atoms with van der Waals surface area (Å²) in [5.74, 6) is 0.723. The third kappa shape index (κ3) is 1.44. The van der Waals surface area contributed by atoms with Gasteiger partial charge in [-0.25, -0.2) is 4.98 Å². The summed E-state index contributed by atoms with van der Waals surface area (Å²) >= 11 is 1.73. The molecular weight excluding hydrogens is 156 g/mol. The predicted molar refractivity (Wildman–Crippen MR) is 46.5 cm³/mol. The summed E-state index contributed by atoms with van der Waals surface area (Å²) in [6.45, 7) is 2.07. The molecule has 1 aromatic rings. The highest BCUT2D eigenvalue weighted by atomic mass is 32.1. The molecule has 1 aromatic heterocycles. The van der Waals surface area contributed by atoms with E-state index in [4.69, 9.17) is 5.73 Å². The maximum Gasteiger partial charge on any atom is 0.110 e. The first-order chi connectivity index (χ1) is 5.27. The zero-order valence-corrected chi connectivity index (χ0v) is 7.40. The van der Waals surface area contributed by atoms with Crippen molar-refractivity contribution in [2.24, 2.45) is 11.7 Å². The summed E-state index contributed by atoms with van der Waals surface area (Å²) < 4.78 is 0. The molecule has 1 aliphatic carbocycles. The molecule has 2 nitrogen and oxygen atoms in total. The Morgan fingerprint density at radius 3 is 2.91 bits per heavy atom. The van der Waals surface area contributed by atoms with Gasteiger partial charge in [0.2, 0.25) is 0 Å². The van der Waals surface area contributed by atoms with Gasteiger partial charge in [0, 0.05) is 11.1 Å². The number of hydrogen-bond donors (Lipinski definition) is 1. The summed E-state index contributed by atoms with van der Waals surface area (Å²) in [4.78, 5) is 5.53. The Morgan fingerprint density at radius 2 is 2.45 bits per heavy atom. The van der Waals surface area contributed by atoms with Gasteiger partial charge in [-0.05, 0) is 25.7 Å². The van der Waals surface area contributed by atoms with E-state index in [2.05, 4.69) is 11.9 Å². The Kier molecular flexibility index (Phi) is 1.69. The van der Waals surface area contributed by atoms with E-state index in [1.165, 1.54) is 17.7 Å². The van der Waals surface area contributed by atoms with Crippen molar-refractivity contribution in [3.8, 4) is 0 Å². The highest BCUT2D eigenvalue weighted by Crippen LogP contribution is 2.40. The Bertz CT molecular complexity index is 252. The lowest BCUT2D eigenvalue weighted by molar-refractivity contribution is 0.629. The monoisotopic (exact) mass is 168 g/mol. The van der Waals surface area contributed by atoms with Gasteiger partial charge in [-0.15, -0.1) is 11.3 Å². The quantitative estimate of drug-likeness (QED) is 0.732. The van der Waals surface area contributed by atoms with Crippen LogP contribution in [0.25, 0.3) is 0 Å². The third-order valence-corrected chi connectivity index (χ3v) is 3.07. The zero-order chi connectivity index (χ0) is 7.84. The van der Waals surface area contributed by atoms with Crippen LogP contribution in [0.15, 0.2) is 6.20 Å². The van der Waals surface area contributed by atoms with Crippen LogP contribution in [0.3, 0.4) is 0 Å². The minimum absolute atomic E-state index is 0.216. The second kappa shape index (κ2) is 2.57. The van der Waals surface area contributed by atoms with E-state index >= 15 is 0 Å². The molecule has 0 aliphatic heterocycles. The second-order valence-corrected chi connectivity index (χ2v) is 4.44. The fraction of sp³-hybridized carbons (Fsp3) is 0.625. The highest BCUT2D eigenvalue weighted by molar-refractivity contribution is 7.11. The van der Waals surface area contributed by atoms with E-state index in [0.29, 0.717) is 0 Å². The molecule has 0 bridgehead atoms. The van der Waals surface area contributed by atoms with Crippen LogP contribution in [-0.4, -0.2) is 4.98 Å². The van der Waals surface area contributed by atoms with Gasteiger partial charge in [0.05, 0.1) is 6.04 Å². The average Bonchev–Trinajstić information content (AvgIpc) is 2.74. The van der Waals surface area contributed by atoms with E-state index in [1.807, 2.05) is 6.20 Å². The third-order valence-electron chi connectivity index (χ3n) is 2.05. The Labute approximate surface area is 70.5 Å². The lowest BCUT2D eigenvalue weighted by Gasteiger charge is -2.03. The largest absolute Gasteiger partial charge is 0.322 e. The summed E-state index contributed by atoms with van der Waals surface area (Å²) in [6, 6.07) is 0.216. The van der Waals surface area contributed by atoms with E-state index in [-0.39, 0.29) is 6.04 Å². The molecule has 1 aliphatic rings. The molecule has 0 spiro atoms. The van der Waals surface area contributed by atoms with Crippen molar-refractivity contribution in [1.82, 2.24) is 4.98 Å². The predicted octanol–water partition coefficient (Wildman–Crippen LogP) is 1.86. The molecular formula is C8H12N2S. The van der Waals surface area contributed by atoms with Gasteiger partial charge in [-0.1, -0.05) is 0 Å². The highest BCUT2D eigenvalue weighted by Gasteiger charge is 2.30. The Morgan fingerprint density at radius 1 is 1.73 bits per heavy atom. The van der Waals surface area contributed by atoms with Gasteiger partial charge in [0.1, 0.15) is 5.01 Å². The maximum atomic E-state index is 5.96. The topological polar surface area (TPSA) is 38.9 Å². The van der Waals surface area contributed by atoms with E-state index in [1.54, 1.807) is 11.3 Å². The number of thiazole rings is 1. The van der Waals surface area contributed by atoms with Crippen molar-refractivity contribution >= 4 is 11.3 Å². The normalized spacial score (nSPS) is 20.2. The van der Waals surface area contributed by atoms with Gasteiger partial charge in [0.15, 0.2) is 0 Å². The minimum atomic E-state index is 0.216. The van der Waals surface area contributed by atoms with E-state index in [9.17, 15) is 0 Å². The summed E-state index contributed by atoms with van der Waals surface area (Å²) in [6.07, 6.45) is 4.49. The van der Waals surface area contributed by atoms with Crippen molar-refractivity contribution in [3.05, 3.63) is 16.1 Å². The Hall–Kier alpha value is -0.410. The summed E-state index contributed by atoms with van der Waals surface area (Å²) in [7, 11) is 0. The molecule has 0 radical (unpaired) electrons. The molecule has 0 aromatic carbocycles. The lowest BCUT2D eigenvalue weighted by Crippen LogP contribution is -2.11. The van der Waals surface area contributed by atoms with Crippen LogP contribution < -0.4 is 5.73 Å². The molecule has 1 fully saturated rings. The summed E-state index contributed by atoms with van der Waals surface area (Å²) in [5.41, 5.74) is 5.96. The molecule has 2 N–H and O–H groups in total. The number of hydrogen-bond acceptors (Lipinski definition) is 3. The van der Waals surface area contributed by atoms with Crippen LogP contribution in [0.1, 0.15) is 28.8 Å². The number of aromatic nitrogens is 1. The molecule has 11 heavy (non-hydrogen) atoms. The van der Waals surface area contributed by atoms with Gasteiger partial charge >= 0.3 is 0 Å². The van der Waals surface area contributed by atoms with E-state index < -0.39 is 0 Å². The minimum Gasteiger partial charge on any atom is -0.322 e. The first kappa shape index (κ1) is 7.25. The Balaban J connectivity index is 2.14. The van der Waals surface area contributed by atoms with Crippen molar-refractivity contribution in [2.45, 2.75) is 25.8 Å². The molecule has 2 rings (SSSR count). The zero-order valence-electron chi connectivity index (χ0n) is 6.58. The molecule has 1 saturated carbocycles. The fourth-order valence-corrected chi connectivity index (χ4v) is 2.05. The smallest absolute Gasteiger partial charge is 0.110 e. The summed E-state index contributed by atoms with van der Waals surface area (Å²) in [5, 5.41) is 1.12. The molecule has 1 heterocycles. The number of aryl methyl sites for hydroxylation is 1. The molecule has 0 saturated heterocycles. The average molecular weight is 168 g/mol.